The minimum absolute atomic E-state index is 0.0425. The van der Waals surface area contributed by atoms with Crippen LogP contribution < -0.4 is 0 Å². The summed E-state index contributed by atoms with van der Waals surface area (Å²) >= 11 is 0. The van der Waals surface area contributed by atoms with Gasteiger partial charge in [0, 0.05) is 5.39 Å². The van der Waals surface area contributed by atoms with E-state index in [2.05, 4.69) is 10.2 Å². The second kappa shape index (κ2) is 6.79. The predicted octanol–water partition coefficient (Wildman–Crippen LogP) is 2.64. The normalized spacial score (nSPS) is 22.0. The number of sulfone groups is 1. The molecule has 0 unspecified atom stereocenters. The van der Waals surface area contributed by atoms with E-state index in [1.165, 1.54) is 0 Å². The van der Waals surface area contributed by atoms with E-state index in [1.54, 1.807) is 4.57 Å². The fourth-order valence-corrected chi connectivity index (χ4v) is 5.04. The van der Waals surface area contributed by atoms with Gasteiger partial charge < -0.3 is 14.8 Å². The number of hydrogen-bond acceptors (Lipinski definition) is 6. The lowest BCUT2D eigenvalue weighted by Crippen LogP contribution is -2.20. The lowest BCUT2D eigenvalue weighted by Gasteiger charge is -2.07. The summed E-state index contributed by atoms with van der Waals surface area (Å²) in [6.07, 6.45) is -1.07. The molecule has 1 saturated heterocycles. The van der Waals surface area contributed by atoms with Crippen LogP contribution in [-0.2, 0) is 16.4 Å². The Hall–Kier alpha value is -2.71. The van der Waals surface area contributed by atoms with Crippen molar-refractivity contribution in [3.8, 4) is 5.88 Å². The van der Waals surface area contributed by atoms with Crippen LogP contribution in [0.5, 0.6) is 5.88 Å². The summed E-state index contributed by atoms with van der Waals surface area (Å²) in [5.41, 5.74) is 2.10. The number of rotatable bonds is 4. The molecule has 140 valence electrons. The van der Waals surface area contributed by atoms with Crippen LogP contribution in [0.2, 0.25) is 0 Å². The summed E-state index contributed by atoms with van der Waals surface area (Å²) in [6.45, 7) is 0.461. The smallest absolute Gasteiger partial charge is 0.221 e. The Morgan fingerprint density at radius 1 is 1.04 bits per heavy atom. The largest absolute Gasteiger partial charge is 0.493 e. The Kier molecular flexibility index (Phi) is 4.45. The molecule has 7 nitrogen and oxygen atoms in total. The van der Waals surface area contributed by atoms with Gasteiger partial charge in [-0.1, -0.05) is 48.5 Å². The quantitative estimate of drug-likeness (QED) is 0.674. The van der Waals surface area contributed by atoms with E-state index in [0.717, 1.165) is 11.1 Å². The molecule has 4 rings (SSSR count). The van der Waals surface area contributed by atoms with Gasteiger partial charge in [-0.25, -0.2) is 8.42 Å². The highest BCUT2D eigenvalue weighted by Gasteiger charge is 2.36. The van der Waals surface area contributed by atoms with E-state index in [1.807, 2.05) is 54.6 Å². The van der Waals surface area contributed by atoms with Crippen LogP contribution in [0.25, 0.3) is 10.9 Å². The van der Waals surface area contributed by atoms with Crippen LogP contribution in [0, 0.1) is 0 Å². The molecule has 3 aromatic rings. The first-order valence-electron chi connectivity index (χ1n) is 8.58. The van der Waals surface area contributed by atoms with Crippen LogP contribution in [0.4, 0.5) is 5.69 Å². The molecule has 1 aromatic heterocycles. The summed E-state index contributed by atoms with van der Waals surface area (Å²) in [5, 5.41) is 29.5. The SMILES string of the molecule is O=S1(=O)C[C@@H](O)[C@@H](N=Nc2c(O)n(Cc3ccccc3)c3ccccc23)C1. The minimum Gasteiger partial charge on any atom is -0.493 e. The highest BCUT2D eigenvalue weighted by atomic mass is 32.2. The zero-order valence-corrected chi connectivity index (χ0v) is 15.2. The summed E-state index contributed by atoms with van der Waals surface area (Å²) in [6, 6.07) is 16.3. The number of aliphatic hydroxyl groups is 1. The van der Waals surface area contributed by atoms with Gasteiger partial charge in [0.15, 0.2) is 15.5 Å². The second-order valence-electron chi connectivity index (χ2n) is 6.69. The first kappa shape index (κ1) is 17.7. The van der Waals surface area contributed by atoms with Crippen molar-refractivity contribution in [2.24, 2.45) is 10.2 Å². The van der Waals surface area contributed by atoms with Gasteiger partial charge in [-0.2, -0.15) is 5.11 Å². The number of benzene rings is 2. The Labute approximate surface area is 156 Å². The molecule has 0 saturated carbocycles. The van der Waals surface area contributed by atoms with Gasteiger partial charge in [-0.05, 0) is 11.6 Å². The first-order valence-corrected chi connectivity index (χ1v) is 10.4. The average molecular weight is 385 g/mol. The zero-order valence-electron chi connectivity index (χ0n) is 14.4. The number of hydrogen-bond donors (Lipinski definition) is 2. The molecule has 2 heterocycles. The fourth-order valence-electron chi connectivity index (χ4n) is 3.35. The molecule has 0 amide bonds. The Morgan fingerprint density at radius 2 is 1.74 bits per heavy atom. The van der Waals surface area contributed by atoms with Gasteiger partial charge in [-0.3, -0.25) is 0 Å². The van der Waals surface area contributed by atoms with Crippen LogP contribution in [0.1, 0.15) is 5.56 Å². The van der Waals surface area contributed by atoms with Gasteiger partial charge in [0.05, 0.1) is 29.7 Å². The molecule has 0 radical (unpaired) electrons. The van der Waals surface area contributed by atoms with Crippen LogP contribution in [-0.4, -0.2) is 46.8 Å². The third-order valence-corrected chi connectivity index (χ3v) is 6.40. The Bertz CT molecular complexity index is 1110. The predicted molar refractivity (Wildman–Crippen MR) is 102 cm³/mol. The molecule has 1 fully saturated rings. The summed E-state index contributed by atoms with van der Waals surface area (Å²) in [7, 11) is -3.31. The summed E-state index contributed by atoms with van der Waals surface area (Å²) < 4.78 is 25.0. The number of aromatic nitrogens is 1. The molecule has 27 heavy (non-hydrogen) atoms. The number of azo groups is 1. The van der Waals surface area contributed by atoms with Gasteiger partial charge in [0.25, 0.3) is 0 Å². The van der Waals surface area contributed by atoms with Crippen molar-refractivity contribution >= 4 is 26.4 Å². The maximum atomic E-state index is 11.6. The van der Waals surface area contributed by atoms with Gasteiger partial charge in [0.1, 0.15) is 6.04 Å². The maximum absolute atomic E-state index is 11.6. The topological polar surface area (TPSA) is 104 Å². The fraction of sp³-hybridized carbons (Fsp3) is 0.263. The Morgan fingerprint density at radius 3 is 2.44 bits per heavy atom. The summed E-state index contributed by atoms with van der Waals surface area (Å²) in [4.78, 5) is 0. The van der Waals surface area contributed by atoms with Gasteiger partial charge in [-0.15, -0.1) is 5.11 Å². The van der Waals surface area contributed by atoms with E-state index in [-0.39, 0.29) is 23.1 Å². The standard InChI is InChI=1S/C19H19N3O4S/c23-17-12-27(25,26)11-15(17)20-21-18-14-8-4-5-9-16(14)22(19(18)24)10-13-6-2-1-3-7-13/h1-9,15,17,23-24H,10-12H2/t15-,17+/m0/s1. The molecule has 2 atom stereocenters. The second-order valence-corrected chi connectivity index (χ2v) is 8.84. The van der Waals surface area contributed by atoms with Crippen molar-refractivity contribution in [1.29, 1.82) is 0 Å². The van der Waals surface area contributed by atoms with E-state index in [0.29, 0.717) is 11.9 Å². The molecular formula is C19H19N3O4S. The van der Waals surface area contributed by atoms with E-state index < -0.39 is 22.0 Å². The molecule has 1 aliphatic heterocycles. The monoisotopic (exact) mass is 385 g/mol. The van der Waals surface area contributed by atoms with Gasteiger partial charge in [0.2, 0.25) is 5.88 Å². The number of nitrogens with zero attached hydrogens (tertiary/aromatic N) is 3. The van der Waals surface area contributed by atoms with Crippen molar-refractivity contribution in [2.75, 3.05) is 11.5 Å². The van der Waals surface area contributed by atoms with Crippen molar-refractivity contribution in [3.63, 3.8) is 0 Å². The number of fused-ring (bicyclic) bond motifs is 1. The molecule has 1 aliphatic rings. The molecule has 0 spiro atoms. The zero-order chi connectivity index (χ0) is 19.0. The number of aliphatic hydroxyl groups excluding tert-OH is 1. The average Bonchev–Trinajstić information content (AvgIpc) is 3.07. The van der Waals surface area contributed by atoms with Crippen molar-refractivity contribution in [3.05, 3.63) is 60.2 Å². The van der Waals surface area contributed by atoms with Crippen LogP contribution in [0.3, 0.4) is 0 Å². The molecule has 2 N–H and O–H groups in total. The van der Waals surface area contributed by atoms with E-state index in [9.17, 15) is 18.6 Å². The van der Waals surface area contributed by atoms with Gasteiger partial charge >= 0.3 is 0 Å². The minimum atomic E-state index is -3.31. The van der Waals surface area contributed by atoms with Crippen LogP contribution in [0.15, 0.2) is 64.8 Å². The molecule has 8 heteroatoms. The molecular weight excluding hydrogens is 366 g/mol. The highest BCUT2D eigenvalue weighted by molar-refractivity contribution is 7.91. The Balaban J connectivity index is 1.73. The lowest BCUT2D eigenvalue weighted by atomic mass is 10.2. The highest BCUT2D eigenvalue weighted by Crippen LogP contribution is 2.39. The molecule has 0 bridgehead atoms. The van der Waals surface area contributed by atoms with E-state index >= 15 is 0 Å². The third kappa shape index (κ3) is 3.45. The lowest BCUT2D eigenvalue weighted by molar-refractivity contribution is 0.181. The number of aromatic hydroxyl groups is 1. The van der Waals surface area contributed by atoms with Crippen molar-refractivity contribution in [2.45, 2.75) is 18.7 Å². The molecule has 2 aromatic carbocycles. The van der Waals surface area contributed by atoms with Crippen LogP contribution >= 0.6 is 0 Å². The summed E-state index contributed by atoms with van der Waals surface area (Å²) in [5.74, 6) is -0.585. The molecule has 0 aliphatic carbocycles. The third-order valence-electron chi connectivity index (χ3n) is 4.70. The first-order chi connectivity index (χ1) is 12.9. The number of para-hydroxylation sites is 1. The maximum Gasteiger partial charge on any atom is 0.221 e. The van der Waals surface area contributed by atoms with E-state index in [4.69, 9.17) is 0 Å². The van der Waals surface area contributed by atoms with Crippen molar-refractivity contribution in [1.82, 2.24) is 4.57 Å². The van der Waals surface area contributed by atoms with Crippen molar-refractivity contribution < 1.29 is 18.6 Å².